The van der Waals surface area contributed by atoms with Gasteiger partial charge in [-0.05, 0) is 51.4 Å². The van der Waals surface area contributed by atoms with E-state index in [9.17, 15) is 0 Å². The third kappa shape index (κ3) is 27.3. The van der Waals surface area contributed by atoms with Gasteiger partial charge in [-0.2, -0.15) is 0 Å². The summed E-state index contributed by atoms with van der Waals surface area (Å²) in [6.45, 7) is 8.00. The van der Waals surface area contributed by atoms with Crippen LogP contribution in [0.5, 0.6) is 0 Å². The van der Waals surface area contributed by atoms with Gasteiger partial charge in [0.15, 0.2) is 0 Å². The average Bonchev–Trinajstić information content (AvgIpc) is 3.46. The Hall–Kier alpha value is 3.08. The van der Waals surface area contributed by atoms with Gasteiger partial charge in [-0.1, -0.05) is 0 Å². The van der Waals surface area contributed by atoms with E-state index < -0.39 is 12.1 Å². The van der Waals surface area contributed by atoms with Crippen molar-refractivity contribution >= 4 is 50.3 Å². The molecule has 0 radical (unpaired) electrons. The van der Waals surface area contributed by atoms with Crippen LogP contribution in [0.4, 0.5) is 0 Å². The summed E-state index contributed by atoms with van der Waals surface area (Å²) < 4.78 is 19.8. The van der Waals surface area contributed by atoms with E-state index in [1.165, 1.54) is 51.4 Å². The second kappa shape index (κ2) is 24.1. The molecule has 145 valence electrons. The summed E-state index contributed by atoms with van der Waals surface area (Å²) in [7, 11) is 0. The number of halogens is 3. The van der Waals surface area contributed by atoms with Gasteiger partial charge in [0.05, 0.1) is 0 Å². The molecule has 4 aliphatic heterocycles. The first-order valence-corrected chi connectivity index (χ1v) is 43.8. The maximum absolute atomic E-state index is 4.94. The number of rotatable bonds is 0. The predicted octanol–water partition coefficient (Wildman–Crippen LogP) is 5.84. The molecule has 4 aliphatic rings. The number of hydrogen-bond donors (Lipinski definition) is 0. The minimum atomic E-state index is -0.816. The SMILES string of the molecule is C1CCOC1.C1CCOC1.C1CCOC1.C1CCOC1.[I][U]([I])[I]. The molecule has 0 aromatic carbocycles. The van der Waals surface area contributed by atoms with E-state index in [1.54, 1.807) is 0 Å². The molecule has 4 rings (SSSR count). The van der Waals surface area contributed by atoms with E-state index in [0.717, 1.165) is 52.9 Å². The minimum absolute atomic E-state index is 0.816. The first-order valence-electron chi connectivity index (χ1n) is 8.88. The first kappa shape index (κ1) is 27.1. The van der Waals surface area contributed by atoms with Crippen molar-refractivity contribution < 1.29 is 31.1 Å². The van der Waals surface area contributed by atoms with Crippen molar-refractivity contribution in [3.63, 3.8) is 0 Å². The summed E-state index contributed by atoms with van der Waals surface area (Å²) in [6, 6.07) is 0. The van der Waals surface area contributed by atoms with Gasteiger partial charge >= 0.3 is 62.4 Å². The molecule has 0 N–H and O–H groups in total. The summed E-state index contributed by atoms with van der Waals surface area (Å²) in [4.78, 5) is 0. The van der Waals surface area contributed by atoms with Gasteiger partial charge in [-0.25, -0.2) is 0 Å². The van der Waals surface area contributed by atoms with Crippen LogP contribution in [-0.2, 0) is 18.9 Å². The normalized spacial score (nSPS) is 21.1. The van der Waals surface area contributed by atoms with Crippen molar-refractivity contribution in [2.75, 3.05) is 52.9 Å². The fourth-order valence-electron chi connectivity index (χ4n) is 2.04. The molecule has 4 nitrogen and oxygen atoms in total. The third-order valence-corrected chi connectivity index (χ3v) is 3.31. The standard InChI is InChI=1S/4C4H8O.3HI.U/c4*1-2-4-5-3-1;;;;/h4*1-4H2;3*1H;/q;;;;;;;+3/p-3. The zero-order valence-electron chi connectivity index (χ0n) is 14.6. The molecular formula is C16H32I3O4U. The monoisotopic (exact) mass is 907 g/mol. The summed E-state index contributed by atoms with van der Waals surface area (Å²) in [5, 5.41) is 0. The van der Waals surface area contributed by atoms with E-state index in [-0.39, 0.29) is 0 Å². The zero-order chi connectivity index (χ0) is 17.7. The molecule has 8 heteroatoms. The molecule has 0 bridgehead atoms. The summed E-state index contributed by atoms with van der Waals surface area (Å²) in [6.07, 6.45) is 10.2. The van der Waals surface area contributed by atoms with E-state index >= 15 is 0 Å². The van der Waals surface area contributed by atoms with Crippen LogP contribution in [0.15, 0.2) is 0 Å². The van der Waals surface area contributed by atoms with Gasteiger partial charge in [-0.15, -0.1) is 0 Å². The molecule has 0 saturated carbocycles. The molecule has 4 saturated heterocycles. The van der Waals surface area contributed by atoms with Gasteiger partial charge in [-0.3, -0.25) is 0 Å². The summed E-state index contributed by atoms with van der Waals surface area (Å²) in [5.74, 6) is 0. The summed E-state index contributed by atoms with van der Waals surface area (Å²) in [5.41, 5.74) is 0. The molecule has 0 aromatic heterocycles. The van der Waals surface area contributed by atoms with Crippen molar-refractivity contribution in [2.24, 2.45) is 0 Å². The number of ether oxygens (including phenoxy) is 4. The van der Waals surface area contributed by atoms with Crippen LogP contribution >= 0.6 is 50.3 Å². The Balaban J connectivity index is 0.000000277. The van der Waals surface area contributed by atoms with Gasteiger partial charge < -0.3 is 18.9 Å². The van der Waals surface area contributed by atoms with Crippen LogP contribution in [0.1, 0.15) is 51.4 Å². The van der Waals surface area contributed by atoms with Crippen LogP contribution in [0.2, 0.25) is 0 Å². The molecule has 0 atom stereocenters. The third-order valence-electron chi connectivity index (χ3n) is 3.31. The fraction of sp³-hybridized carbons (Fsp3) is 1.00. The average molecular weight is 907 g/mol. The molecule has 0 aromatic rings. The van der Waals surface area contributed by atoms with E-state index in [2.05, 4.69) is 50.3 Å². The maximum atomic E-state index is 4.94. The van der Waals surface area contributed by atoms with Crippen molar-refractivity contribution in [1.29, 1.82) is 0 Å². The quantitative estimate of drug-likeness (QED) is 0.287. The zero-order valence-corrected chi connectivity index (χ0v) is 25.2. The molecule has 24 heavy (non-hydrogen) atoms. The number of hydrogen-bond acceptors (Lipinski definition) is 4. The van der Waals surface area contributed by atoms with Crippen LogP contribution in [0.3, 0.4) is 0 Å². The van der Waals surface area contributed by atoms with Crippen molar-refractivity contribution in [2.45, 2.75) is 51.4 Å². The van der Waals surface area contributed by atoms with Crippen LogP contribution in [-0.4, -0.2) is 52.9 Å². The molecular weight excluding hydrogens is 875 g/mol. The Kier molecular flexibility index (Phi) is 27.2. The predicted molar refractivity (Wildman–Crippen MR) is 122 cm³/mol. The van der Waals surface area contributed by atoms with Crippen molar-refractivity contribution in [3.8, 4) is 0 Å². The van der Waals surface area contributed by atoms with E-state index in [4.69, 9.17) is 18.9 Å². The Morgan fingerprint density at radius 2 is 0.500 bits per heavy atom. The van der Waals surface area contributed by atoms with Gasteiger partial charge in [0.1, 0.15) is 0 Å². The van der Waals surface area contributed by atoms with Crippen LogP contribution in [0.25, 0.3) is 0 Å². The second-order valence-corrected chi connectivity index (χ2v) is 95.2. The Bertz CT molecular complexity index is 150. The molecule has 4 heterocycles. The second-order valence-electron chi connectivity index (χ2n) is 5.49. The summed E-state index contributed by atoms with van der Waals surface area (Å²) >= 11 is 6.80. The molecule has 0 unspecified atom stereocenters. The van der Waals surface area contributed by atoms with Crippen molar-refractivity contribution in [1.82, 2.24) is 0 Å². The molecule has 0 aliphatic carbocycles. The van der Waals surface area contributed by atoms with E-state index in [0.29, 0.717) is 0 Å². The fourth-order valence-corrected chi connectivity index (χ4v) is 2.04. The van der Waals surface area contributed by atoms with E-state index in [1.807, 2.05) is 0 Å². The molecule has 0 spiro atoms. The van der Waals surface area contributed by atoms with Crippen LogP contribution < -0.4 is 0 Å². The first-order chi connectivity index (χ1) is 11.7. The Morgan fingerprint density at radius 3 is 0.542 bits per heavy atom. The van der Waals surface area contributed by atoms with Crippen LogP contribution in [0, 0.1) is 12.1 Å². The van der Waals surface area contributed by atoms with Gasteiger partial charge in [0.2, 0.25) is 0 Å². The van der Waals surface area contributed by atoms with Crippen molar-refractivity contribution in [3.05, 3.63) is 0 Å². The Morgan fingerprint density at radius 1 is 0.375 bits per heavy atom. The topological polar surface area (TPSA) is 36.9 Å². The molecule has 0 amide bonds. The molecule has 4 fully saturated rings. The van der Waals surface area contributed by atoms with Gasteiger partial charge in [0.25, 0.3) is 0 Å². The Labute approximate surface area is 182 Å². The van der Waals surface area contributed by atoms with Gasteiger partial charge in [0, 0.05) is 52.9 Å².